The molecule has 0 heterocycles. The van der Waals surface area contributed by atoms with Gasteiger partial charge >= 0.3 is 0 Å². The number of hydrogen-bond donors (Lipinski definition) is 2. The van der Waals surface area contributed by atoms with Crippen LogP contribution >= 0.6 is 7.82 Å². The summed E-state index contributed by atoms with van der Waals surface area (Å²) in [7, 11) is 1.21. The first-order chi connectivity index (χ1) is 36.5. The van der Waals surface area contributed by atoms with Crippen LogP contribution in [0.1, 0.15) is 213 Å². The first-order valence-electron chi connectivity index (χ1n) is 29.7. The summed E-state index contributed by atoms with van der Waals surface area (Å²) in [6, 6.07) is -0.922. The number of carbonyl (C=O) groups excluding carboxylic acids is 1. The number of unbranched alkanes of at least 4 members (excludes halogenated alkanes) is 17. The molecule has 426 valence electrons. The number of allylic oxidation sites excluding steroid dienone is 23. The fourth-order valence-corrected chi connectivity index (χ4v) is 8.39. The molecule has 0 saturated heterocycles. The molecule has 1 amide bonds. The number of likely N-dealkylation sites (N-methyl/N-ethyl adjacent to an activating group) is 1. The second-order valence-corrected chi connectivity index (χ2v) is 22.0. The molecule has 0 saturated carbocycles. The molecule has 0 aliphatic carbocycles. The lowest BCUT2D eigenvalue weighted by molar-refractivity contribution is -0.870. The van der Waals surface area contributed by atoms with E-state index in [4.69, 9.17) is 9.05 Å². The van der Waals surface area contributed by atoms with Crippen molar-refractivity contribution in [2.45, 2.75) is 225 Å². The molecule has 2 N–H and O–H groups in total. The van der Waals surface area contributed by atoms with Crippen LogP contribution in [0.25, 0.3) is 0 Å². The van der Waals surface area contributed by atoms with Gasteiger partial charge in [-0.25, -0.2) is 0 Å². The van der Waals surface area contributed by atoms with Gasteiger partial charge in [0.05, 0.1) is 39.9 Å². The van der Waals surface area contributed by atoms with E-state index in [0.717, 1.165) is 128 Å². The van der Waals surface area contributed by atoms with Crippen LogP contribution in [0, 0.1) is 0 Å². The standard InChI is InChI=1S/C66H111N2O6P/c1-6-8-10-12-14-16-18-20-22-24-25-26-27-28-29-30-31-32-33-34-35-36-37-38-39-40-41-42-43-44-46-48-50-52-54-56-58-60-66(70)67-64(63-74-75(71,72)73-62-61-68(3,4)5)65(69)59-57-55-53-51-49-47-45-23-21-19-17-15-13-11-9-7-2/h8,10,14,16,20,22,25-26,28-29,31-32,34-35,37-38,40-41,43-44,49,51,57,59,64-65,69H,6-7,9,11-13,15,17-19,21,23-24,27,30,33,36,39,42,45-48,50,52-56,58,60-63H2,1-5H3,(H-,67,70,71,72)/b10-8-,16-14-,22-20-,26-25-,29-28-,32-31-,35-34-,38-37-,41-40-,44-43-,51-49+,59-57+. The molecule has 0 spiro atoms. The Bertz CT molecular complexity index is 1720. The van der Waals surface area contributed by atoms with Crippen molar-refractivity contribution in [2.75, 3.05) is 40.9 Å². The van der Waals surface area contributed by atoms with E-state index in [1.807, 2.05) is 27.2 Å². The van der Waals surface area contributed by atoms with E-state index in [0.29, 0.717) is 17.4 Å². The molecule has 0 bridgehead atoms. The Morgan fingerprint density at radius 3 is 1.24 bits per heavy atom. The van der Waals surface area contributed by atoms with Crippen molar-refractivity contribution in [3.8, 4) is 0 Å². The number of phosphoric ester groups is 1. The summed E-state index contributed by atoms with van der Waals surface area (Å²) in [5.74, 6) is -0.228. The average molecular weight is 1060 g/mol. The summed E-state index contributed by atoms with van der Waals surface area (Å²) in [4.78, 5) is 25.5. The molecule has 3 unspecified atom stereocenters. The number of carbonyl (C=O) groups is 1. The van der Waals surface area contributed by atoms with Gasteiger partial charge in [0, 0.05) is 6.42 Å². The van der Waals surface area contributed by atoms with Crippen LogP contribution in [-0.4, -0.2) is 68.5 Å². The van der Waals surface area contributed by atoms with E-state index in [1.54, 1.807) is 6.08 Å². The molecule has 0 aliphatic rings. The van der Waals surface area contributed by atoms with Gasteiger partial charge in [-0.05, 0) is 109 Å². The number of nitrogens with zero attached hydrogens (tertiary/aromatic N) is 1. The molecule has 0 radical (unpaired) electrons. The Morgan fingerprint density at radius 2 is 0.827 bits per heavy atom. The summed E-state index contributed by atoms with van der Waals surface area (Å²) in [6.45, 7) is 4.48. The van der Waals surface area contributed by atoms with Gasteiger partial charge in [0.15, 0.2) is 0 Å². The molecule has 0 aromatic rings. The summed E-state index contributed by atoms with van der Waals surface area (Å²) >= 11 is 0. The normalized spacial score (nSPS) is 14.9. The SMILES string of the molecule is CC/C=C\C/C=C\C/C=C\C/C=C\C/C=C\C/C=C\C/C=C\C/C=C\C/C=C\C/C=C\CCCCCCCCC(=O)NC(COP(=O)([O-])OCC[N+](C)(C)C)C(O)/C=C/CC/C=C/CCCCCCCCCCCC. The third-order valence-corrected chi connectivity index (χ3v) is 13.2. The second kappa shape index (κ2) is 55.1. The monoisotopic (exact) mass is 1060 g/mol. The highest BCUT2D eigenvalue weighted by molar-refractivity contribution is 7.45. The van der Waals surface area contributed by atoms with Crippen molar-refractivity contribution < 1.29 is 32.9 Å². The van der Waals surface area contributed by atoms with Gasteiger partial charge < -0.3 is 28.8 Å². The Balaban J connectivity index is 4.25. The van der Waals surface area contributed by atoms with Crippen molar-refractivity contribution >= 4 is 13.7 Å². The molecule has 75 heavy (non-hydrogen) atoms. The maximum Gasteiger partial charge on any atom is 0.268 e. The number of rotatable bonds is 52. The fourth-order valence-electron chi connectivity index (χ4n) is 7.67. The van der Waals surface area contributed by atoms with Crippen molar-refractivity contribution in [3.63, 3.8) is 0 Å². The predicted octanol–water partition coefficient (Wildman–Crippen LogP) is 17.8. The van der Waals surface area contributed by atoms with E-state index in [-0.39, 0.29) is 12.5 Å². The van der Waals surface area contributed by atoms with Crippen LogP contribution in [0.2, 0.25) is 0 Å². The summed E-state index contributed by atoms with van der Waals surface area (Å²) in [5.41, 5.74) is 0. The molecular weight excluding hydrogens is 948 g/mol. The zero-order chi connectivity index (χ0) is 54.9. The molecule has 0 aliphatic heterocycles. The third-order valence-electron chi connectivity index (χ3n) is 12.3. The van der Waals surface area contributed by atoms with Crippen molar-refractivity contribution in [1.82, 2.24) is 5.32 Å². The molecule has 0 fully saturated rings. The molecule has 0 aromatic heterocycles. The zero-order valence-corrected chi connectivity index (χ0v) is 49.3. The van der Waals surface area contributed by atoms with Crippen molar-refractivity contribution in [3.05, 3.63) is 146 Å². The van der Waals surface area contributed by atoms with Gasteiger partial charge in [-0.1, -0.05) is 243 Å². The number of aliphatic hydroxyl groups is 1. The van der Waals surface area contributed by atoms with Crippen LogP contribution in [0.15, 0.2) is 146 Å². The van der Waals surface area contributed by atoms with Crippen LogP contribution < -0.4 is 10.2 Å². The van der Waals surface area contributed by atoms with Crippen molar-refractivity contribution in [1.29, 1.82) is 0 Å². The summed E-state index contributed by atoms with van der Waals surface area (Å²) < 4.78 is 23.3. The molecule has 9 heteroatoms. The highest BCUT2D eigenvalue weighted by atomic mass is 31.2. The lowest BCUT2D eigenvalue weighted by atomic mass is 10.1. The minimum absolute atomic E-state index is 0.0173. The number of aliphatic hydroxyl groups excluding tert-OH is 1. The van der Waals surface area contributed by atoms with Gasteiger partial charge in [0.1, 0.15) is 13.2 Å². The quantitative estimate of drug-likeness (QED) is 0.0272. The van der Waals surface area contributed by atoms with E-state index < -0.39 is 26.6 Å². The topological polar surface area (TPSA) is 108 Å². The molecule has 8 nitrogen and oxygen atoms in total. The smallest absolute Gasteiger partial charge is 0.268 e. The highest BCUT2D eigenvalue weighted by Gasteiger charge is 2.23. The number of phosphoric acid groups is 1. The number of nitrogens with one attached hydrogen (secondary N) is 1. The Kier molecular flexibility index (Phi) is 52.5. The van der Waals surface area contributed by atoms with Gasteiger partial charge in [0.25, 0.3) is 7.82 Å². The van der Waals surface area contributed by atoms with Gasteiger partial charge in [0.2, 0.25) is 5.91 Å². The van der Waals surface area contributed by atoms with Gasteiger partial charge in [-0.3, -0.25) is 9.36 Å². The molecule has 0 rings (SSSR count). The zero-order valence-electron chi connectivity index (χ0n) is 48.4. The summed E-state index contributed by atoms with van der Waals surface area (Å²) in [6.07, 6.45) is 85.0. The predicted molar refractivity (Wildman–Crippen MR) is 325 cm³/mol. The van der Waals surface area contributed by atoms with E-state index in [1.165, 1.54) is 64.2 Å². The Labute approximate surface area is 461 Å². The molecule has 3 atom stereocenters. The third kappa shape index (κ3) is 57.9. The minimum Gasteiger partial charge on any atom is -0.756 e. The fraction of sp³-hybridized carbons (Fsp3) is 0.621. The Morgan fingerprint density at radius 1 is 0.480 bits per heavy atom. The lowest BCUT2D eigenvalue weighted by Gasteiger charge is -2.29. The first-order valence-corrected chi connectivity index (χ1v) is 31.2. The van der Waals surface area contributed by atoms with Crippen molar-refractivity contribution in [2.24, 2.45) is 0 Å². The number of amides is 1. The van der Waals surface area contributed by atoms with Crippen LogP contribution in [-0.2, 0) is 18.4 Å². The van der Waals surface area contributed by atoms with E-state index in [2.05, 4.69) is 153 Å². The van der Waals surface area contributed by atoms with Gasteiger partial charge in [-0.15, -0.1) is 0 Å². The average Bonchev–Trinajstić information content (AvgIpc) is 3.37. The minimum atomic E-state index is -4.62. The molecule has 0 aromatic carbocycles. The van der Waals surface area contributed by atoms with Crippen LogP contribution in [0.5, 0.6) is 0 Å². The number of hydrogen-bond acceptors (Lipinski definition) is 6. The number of quaternary nitrogens is 1. The first kappa shape index (κ1) is 71.4. The summed E-state index contributed by atoms with van der Waals surface area (Å²) in [5, 5.41) is 13.8. The Hall–Kier alpha value is -3.62. The maximum atomic E-state index is 13.0. The van der Waals surface area contributed by atoms with Crippen LogP contribution in [0.3, 0.4) is 0 Å². The highest BCUT2D eigenvalue weighted by Crippen LogP contribution is 2.38. The van der Waals surface area contributed by atoms with Gasteiger partial charge in [-0.2, -0.15) is 0 Å². The maximum absolute atomic E-state index is 13.0. The van der Waals surface area contributed by atoms with E-state index in [9.17, 15) is 19.4 Å². The lowest BCUT2D eigenvalue weighted by Crippen LogP contribution is -2.45. The van der Waals surface area contributed by atoms with Crippen LogP contribution in [0.4, 0.5) is 0 Å². The molecular formula is C66H111N2O6P. The largest absolute Gasteiger partial charge is 0.756 e. The van der Waals surface area contributed by atoms with E-state index >= 15 is 0 Å². The second-order valence-electron chi connectivity index (χ2n) is 20.6.